The highest BCUT2D eigenvalue weighted by Gasteiger charge is 2.14. The van der Waals surface area contributed by atoms with Crippen LogP contribution in [0.4, 0.5) is 0 Å². The van der Waals surface area contributed by atoms with Crippen LogP contribution in [0.1, 0.15) is 52.4 Å². The van der Waals surface area contributed by atoms with E-state index >= 15 is 0 Å². The summed E-state index contributed by atoms with van der Waals surface area (Å²) in [6.07, 6.45) is 7.52. The number of piperazine rings is 1. The number of rotatable bonds is 10. The standard InChI is InChI=1S/C16H34N2O/c1-3-5-8-16(15-19)9-6-7-10-18-13-11-17(4-2)12-14-18/h16,19H,3-15H2,1-2H3/t16-/m0/s1. The van der Waals surface area contributed by atoms with Crippen molar-refractivity contribution >= 4 is 0 Å². The molecule has 19 heavy (non-hydrogen) atoms. The van der Waals surface area contributed by atoms with E-state index in [1.54, 1.807) is 0 Å². The fourth-order valence-electron chi connectivity index (χ4n) is 2.92. The highest BCUT2D eigenvalue weighted by Crippen LogP contribution is 2.15. The van der Waals surface area contributed by atoms with Crippen molar-refractivity contribution in [3.63, 3.8) is 0 Å². The number of hydrogen-bond acceptors (Lipinski definition) is 3. The predicted molar refractivity (Wildman–Crippen MR) is 82.5 cm³/mol. The third kappa shape index (κ3) is 7.28. The lowest BCUT2D eigenvalue weighted by Crippen LogP contribution is -2.46. The lowest BCUT2D eigenvalue weighted by atomic mass is 9.97. The fourth-order valence-corrected chi connectivity index (χ4v) is 2.92. The second-order valence-electron chi connectivity index (χ2n) is 5.96. The number of unbranched alkanes of at least 4 members (excludes halogenated alkanes) is 2. The molecule has 1 atom stereocenters. The Hall–Kier alpha value is -0.120. The molecule has 0 saturated carbocycles. The van der Waals surface area contributed by atoms with Gasteiger partial charge in [-0.15, -0.1) is 0 Å². The van der Waals surface area contributed by atoms with Crippen LogP contribution in [-0.4, -0.2) is 60.8 Å². The Balaban J connectivity index is 2.01. The van der Waals surface area contributed by atoms with Crippen LogP contribution in [0.25, 0.3) is 0 Å². The second kappa shape index (κ2) is 10.6. The number of likely N-dealkylation sites (N-methyl/N-ethyl adjacent to an activating group) is 1. The van der Waals surface area contributed by atoms with Crippen LogP contribution in [-0.2, 0) is 0 Å². The van der Waals surface area contributed by atoms with Crippen molar-refractivity contribution in [2.75, 3.05) is 45.9 Å². The van der Waals surface area contributed by atoms with Gasteiger partial charge in [-0.1, -0.05) is 33.1 Å². The number of hydrogen-bond donors (Lipinski definition) is 1. The van der Waals surface area contributed by atoms with Crippen molar-refractivity contribution in [2.45, 2.75) is 52.4 Å². The molecule has 1 saturated heterocycles. The Labute approximate surface area is 120 Å². The van der Waals surface area contributed by atoms with Crippen LogP contribution in [0.2, 0.25) is 0 Å². The lowest BCUT2D eigenvalue weighted by molar-refractivity contribution is 0.134. The second-order valence-corrected chi connectivity index (χ2v) is 5.96. The van der Waals surface area contributed by atoms with Gasteiger partial charge in [0.25, 0.3) is 0 Å². The molecule has 0 radical (unpaired) electrons. The van der Waals surface area contributed by atoms with E-state index in [2.05, 4.69) is 23.6 Å². The van der Waals surface area contributed by atoms with Gasteiger partial charge in [-0.2, -0.15) is 0 Å². The Morgan fingerprint density at radius 1 is 0.895 bits per heavy atom. The van der Waals surface area contributed by atoms with Crippen molar-refractivity contribution in [3.05, 3.63) is 0 Å². The molecule has 0 unspecified atom stereocenters. The average molecular weight is 270 g/mol. The molecule has 1 aliphatic rings. The molecule has 0 aromatic heterocycles. The zero-order chi connectivity index (χ0) is 13.9. The van der Waals surface area contributed by atoms with E-state index in [0.717, 1.165) is 0 Å². The van der Waals surface area contributed by atoms with Gasteiger partial charge in [-0.05, 0) is 38.3 Å². The molecule has 0 aliphatic carbocycles. The molecular weight excluding hydrogens is 236 g/mol. The minimum Gasteiger partial charge on any atom is -0.396 e. The molecule has 1 rings (SSSR count). The van der Waals surface area contributed by atoms with Crippen LogP contribution in [0.15, 0.2) is 0 Å². The summed E-state index contributed by atoms with van der Waals surface area (Å²) in [7, 11) is 0. The SMILES string of the molecule is CCCC[C@H](CO)CCCCN1CCN(CC)CC1. The van der Waals surface area contributed by atoms with Crippen molar-refractivity contribution < 1.29 is 5.11 Å². The highest BCUT2D eigenvalue weighted by molar-refractivity contribution is 4.71. The van der Waals surface area contributed by atoms with E-state index in [9.17, 15) is 5.11 Å². The first-order valence-corrected chi connectivity index (χ1v) is 8.35. The third-order valence-electron chi connectivity index (χ3n) is 4.47. The first kappa shape index (κ1) is 16.9. The van der Waals surface area contributed by atoms with E-state index in [0.29, 0.717) is 12.5 Å². The maximum atomic E-state index is 9.34. The van der Waals surface area contributed by atoms with Gasteiger partial charge in [0.05, 0.1) is 0 Å². The Kier molecular flexibility index (Phi) is 9.48. The summed E-state index contributed by atoms with van der Waals surface area (Å²) in [6, 6.07) is 0. The van der Waals surface area contributed by atoms with Crippen molar-refractivity contribution in [1.29, 1.82) is 0 Å². The van der Waals surface area contributed by atoms with E-state index < -0.39 is 0 Å². The van der Waals surface area contributed by atoms with E-state index in [-0.39, 0.29) is 0 Å². The molecule has 1 N–H and O–H groups in total. The summed E-state index contributed by atoms with van der Waals surface area (Å²) in [5.41, 5.74) is 0. The van der Waals surface area contributed by atoms with Gasteiger partial charge in [-0.3, -0.25) is 0 Å². The molecule has 3 heteroatoms. The van der Waals surface area contributed by atoms with Gasteiger partial charge in [0.1, 0.15) is 0 Å². The number of aliphatic hydroxyl groups is 1. The van der Waals surface area contributed by atoms with Crippen LogP contribution >= 0.6 is 0 Å². The van der Waals surface area contributed by atoms with Gasteiger partial charge in [0, 0.05) is 32.8 Å². The van der Waals surface area contributed by atoms with E-state index in [1.807, 2.05) is 0 Å². The zero-order valence-electron chi connectivity index (χ0n) is 13.1. The fraction of sp³-hybridized carbons (Fsp3) is 1.00. The summed E-state index contributed by atoms with van der Waals surface area (Å²) in [4.78, 5) is 5.13. The minimum atomic E-state index is 0.384. The van der Waals surface area contributed by atoms with Crippen LogP contribution in [0.3, 0.4) is 0 Å². The number of aliphatic hydroxyl groups excluding tert-OH is 1. The number of nitrogens with zero attached hydrogens (tertiary/aromatic N) is 2. The molecule has 1 heterocycles. The molecule has 0 aromatic rings. The molecule has 114 valence electrons. The summed E-state index contributed by atoms with van der Waals surface area (Å²) >= 11 is 0. The van der Waals surface area contributed by atoms with Crippen LogP contribution in [0.5, 0.6) is 0 Å². The maximum Gasteiger partial charge on any atom is 0.0459 e. The topological polar surface area (TPSA) is 26.7 Å². The first-order chi connectivity index (χ1) is 9.30. The maximum absolute atomic E-state index is 9.34. The normalized spacial score (nSPS) is 19.7. The molecule has 0 amide bonds. The van der Waals surface area contributed by atoms with Gasteiger partial charge in [0.2, 0.25) is 0 Å². The quantitative estimate of drug-likeness (QED) is 0.618. The molecule has 0 bridgehead atoms. The molecule has 0 aromatic carbocycles. The summed E-state index contributed by atoms with van der Waals surface area (Å²) in [6.45, 7) is 12.3. The lowest BCUT2D eigenvalue weighted by Gasteiger charge is -2.34. The van der Waals surface area contributed by atoms with Gasteiger partial charge in [-0.25, -0.2) is 0 Å². The Morgan fingerprint density at radius 3 is 2.11 bits per heavy atom. The Morgan fingerprint density at radius 2 is 1.53 bits per heavy atom. The van der Waals surface area contributed by atoms with Gasteiger partial charge < -0.3 is 14.9 Å². The van der Waals surface area contributed by atoms with Gasteiger partial charge >= 0.3 is 0 Å². The summed E-state index contributed by atoms with van der Waals surface area (Å²) < 4.78 is 0. The first-order valence-electron chi connectivity index (χ1n) is 8.35. The molecule has 1 aliphatic heterocycles. The summed E-state index contributed by atoms with van der Waals surface area (Å²) in [5, 5.41) is 9.34. The largest absolute Gasteiger partial charge is 0.396 e. The smallest absolute Gasteiger partial charge is 0.0459 e. The molecule has 1 fully saturated rings. The van der Waals surface area contributed by atoms with Gasteiger partial charge in [0.15, 0.2) is 0 Å². The Bertz CT molecular complexity index is 203. The predicted octanol–water partition coefficient (Wildman–Crippen LogP) is 2.59. The molecular formula is C16H34N2O. The van der Waals surface area contributed by atoms with E-state index in [4.69, 9.17) is 0 Å². The van der Waals surface area contributed by atoms with Crippen molar-refractivity contribution in [1.82, 2.24) is 9.80 Å². The minimum absolute atomic E-state index is 0.384. The zero-order valence-corrected chi connectivity index (χ0v) is 13.1. The monoisotopic (exact) mass is 270 g/mol. The van der Waals surface area contributed by atoms with Crippen molar-refractivity contribution in [2.24, 2.45) is 5.92 Å². The van der Waals surface area contributed by atoms with Crippen LogP contribution in [0, 0.1) is 5.92 Å². The molecule has 3 nitrogen and oxygen atoms in total. The van der Waals surface area contributed by atoms with Crippen molar-refractivity contribution in [3.8, 4) is 0 Å². The van der Waals surface area contributed by atoms with Crippen LogP contribution < -0.4 is 0 Å². The third-order valence-corrected chi connectivity index (χ3v) is 4.47. The average Bonchev–Trinajstić information content (AvgIpc) is 2.47. The summed E-state index contributed by atoms with van der Waals surface area (Å²) in [5.74, 6) is 0.553. The molecule has 0 spiro atoms. The van der Waals surface area contributed by atoms with E-state index in [1.165, 1.54) is 77.8 Å². The highest BCUT2D eigenvalue weighted by atomic mass is 16.3.